The van der Waals surface area contributed by atoms with Gasteiger partial charge in [-0.05, 0) is 36.2 Å². The van der Waals surface area contributed by atoms with E-state index in [1.54, 1.807) is 0 Å². The Labute approximate surface area is 96.2 Å². The van der Waals surface area contributed by atoms with Crippen molar-refractivity contribution in [1.82, 2.24) is 0 Å². The van der Waals surface area contributed by atoms with Crippen molar-refractivity contribution < 1.29 is 9.84 Å². The summed E-state index contributed by atoms with van der Waals surface area (Å²) in [5.74, 6) is 1.09. The largest absolute Gasteiger partial charge is 0.493 e. The molecule has 0 bridgehead atoms. The lowest BCUT2D eigenvalue weighted by molar-refractivity contribution is 0.110. The number of benzene rings is 1. The fraction of sp³-hybridized carbons (Fsp3) is 0.538. The molecule has 88 valence electrons. The molecule has 1 aromatic carbocycles. The highest BCUT2D eigenvalue weighted by atomic mass is 16.5. The van der Waals surface area contributed by atoms with Crippen molar-refractivity contribution in [3.8, 4) is 5.75 Å². The average molecular weight is 221 g/mol. The SMILES string of the molecule is CCC(CN)C(O)c1ccc2c(c1)CCO2. The standard InChI is InChI=1S/C13H19NO2/c1-2-9(8-14)13(15)11-3-4-12-10(7-11)5-6-16-12/h3-4,7,9,13,15H,2,5-6,8,14H2,1H3. The van der Waals surface area contributed by atoms with Crippen molar-refractivity contribution >= 4 is 0 Å². The first kappa shape index (κ1) is 11.4. The zero-order chi connectivity index (χ0) is 11.5. The van der Waals surface area contributed by atoms with Gasteiger partial charge in [0.2, 0.25) is 0 Å². The molecule has 3 N–H and O–H groups in total. The molecule has 16 heavy (non-hydrogen) atoms. The smallest absolute Gasteiger partial charge is 0.122 e. The van der Waals surface area contributed by atoms with Crippen LogP contribution >= 0.6 is 0 Å². The van der Waals surface area contributed by atoms with Gasteiger partial charge in [-0.3, -0.25) is 0 Å². The molecule has 1 aliphatic rings. The molecule has 0 aromatic heterocycles. The summed E-state index contributed by atoms with van der Waals surface area (Å²) in [7, 11) is 0. The van der Waals surface area contributed by atoms with E-state index in [2.05, 4.69) is 6.92 Å². The molecular formula is C13H19NO2. The minimum atomic E-state index is -0.458. The molecule has 0 fully saturated rings. The summed E-state index contributed by atoms with van der Waals surface area (Å²) < 4.78 is 5.44. The number of fused-ring (bicyclic) bond motifs is 1. The van der Waals surface area contributed by atoms with E-state index in [0.717, 1.165) is 30.8 Å². The Morgan fingerprint density at radius 1 is 1.50 bits per heavy atom. The lowest BCUT2D eigenvalue weighted by atomic mass is 9.92. The Bertz CT molecular complexity index is 361. The maximum Gasteiger partial charge on any atom is 0.122 e. The van der Waals surface area contributed by atoms with Crippen LogP contribution in [0.5, 0.6) is 5.75 Å². The van der Waals surface area contributed by atoms with Crippen LogP contribution in [0.2, 0.25) is 0 Å². The molecule has 0 saturated carbocycles. The van der Waals surface area contributed by atoms with E-state index in [4.69, 9.17) is 10.5 Å². The summed E-state index contributed by atoms with van der Waals surface area (Å²) in [4.78, 5) is 0. The third kappa shape index (κ3) is 2.06. The number of nitrogens with two attached hydrogens (primary N) is 1. The van der Waals surface area contributed by atoms with Crippen molar-refractivity contribution in [2.24, 2.45) is 11.7 Å². The van der Waals surface area contributed by atoms with Crippen molar-refractivity contribution in [2.75, 3.05) is 13.2 Å². The van der Waals surface area contributed by atoms with Gasteiger partial charge in [-0.1, -0.05) is 13.0 Å². The minimum Gasteiger partial charge on any atom is -0.493 e. The predicted molar refractivity (Wildman–Crippen MR) is 63.4 cm³/mol. The Balaban J connectivity index is 2.20. The second kappa shape index (κ2) is 4.85. The van der Waals surface area contributed by atoms with Crippen LogP contribution in [0.25, 0.3) is 0 Å². The number of rotatable bonds is 4. The van der Waals surface area contributed by atoms with Crippen LogP contribution in [0.1, 0.15) is 30.6 Å². The van der Waals surface area contributed by atoms with E-state index in [0.29, 0.717) is 6.54 Å². The quantitative estimate of drug-likeness (QED) is 0.812. The van der Waals surface area contributed by atoms with E-state index in [-0.39, 0.29) is 5.92 Å². The normalized spacial score (nSPS) is 17.7. The van der Waals surface area contributed by atoms with Gasteiger partial charge in [-0.15, -0.1) is 0 Å². The van der Waals surface area contributed by atoms with Gasteiger partial charge in [0.05, 0.1) is 12.7 Å². The fourth-order valence-electron chi connectivity index (χ4n) is 2.18. The van der Waals surface area contributed by atoms with Gasteiger partial charge in [0.25, 0.3) is 0 Å². The Hall–Kier alpha value is -1.06. The highest BCUT2D eigenvalue weighted by molar-refractivity contribution is 5.40. The lowest BCUT2D eigenvalue weighted by Crippen LogP contribution is -2.21. The minimum absolute atomic E-state index is 0.139. The number of aliphatic hydroxyl groups is 1. The van der Waals surface area contributed by atoms with Gasteiger partial charge in [-0.2, -0.15) is 0 Å². The van der Waals surface area contributed by atoms with Crippen molar-refractivity contribution in [2.45, 2.75) is 25.9 Å². The molecule has 3 nitrogen and oxygen atoms in total. The summed E-state index contributed by atoms with van der Waals surface area (Å²) in [5.41, 5.74) is 7.81. The number of aliphatic hydroxyl groups excluding tert-OH is 1. The number of hydrogen-bond acceptors (Lipinski definition) is 3. The third-order valence-electron chi connectivity index (χ3n) is 3.33. The summed E-state index contributed by atoms with van der Waals surface area (Å²) in [6.45, 7) is 3.32. The summed E-state index contributed by atoms with van der Waals surface area (Å²) in [6.07, 6.45) is 1.38. The van der Waals surface area contributed by atoms with Crippen LogP contribution in [0, 0.1) is 5.92 Å². The van der Waals surface area contributed by atoms with Crippen LogP contribution < -0.4 is 10.5 Å². The molecule has 0 saturated heterocycles. The first-order chi connectivity index (χ1) is 7.76. The van der Waals surface area contributed by atoms with Gasteiger partial charge in [0.15, 0.2) is 0 Å². The molecule has 3 heteroatoms. The molecule has 1 heterocycles. The van der Waals surface area contributed by atoms with E-state index >= 15 is 0 Å². The van der Waals surface area contributed by atoms with E-state index in [9.17, 15) is 5.11 Å². The van der Waals surface area contributed by atoms with Gasteiger partial charge in [0, 0.05) is 12.3 Å². The summed E-state index contributed by atoms with van der Waals surface area (Å²) in [5, 5.41) is 10.2. The molecule has 2 atom stereocenters. The fourth-order valence-corrected chi connectivity index (χ4v) is 2.18. The second-order valence-corrected chi connectivity index (χ2v) is 4.31. The molecule has 0 aliphatic carbocycles. The summed E-state index contributed by atoms with van der Waals surface area (Å²) >= 11 is 0. The average Bonchev–Trinajstić information content (AvgIpc) is 2.77. The van der Waals surface area contributed by atoms with E-state index < -0.39 is 6.10 Å². The first-order valence-electron chi connectivity index (χ1n) is 5.90. The highest BCUT2D eigenvalue weighted by Gasteiger charge is 2.20. The molecule has 0 spiro atoms. The third-order valence-corrected chi connectivity index (χ3v) is 3.33. The molecular weight excluding hydrogens is 202 g/mol. The lowest BCUT2D eigenvalue weighted by Gasteiger charge is -2.20. The zero-order valence-electron chi connectivity index (χ0n) is 9.65. The van der Waals surface area contributed by atoms with Gasteiger partial charge >= 0.3 is 0 Å². The predicted octanol–water partition coefficient (Wildman–Crippen LogP) is 1.64. The molecule has 0 amide bonds. The second-order valence-electron chi connectivity index (χ2n) is 4.31. The topological polar surface area (TPSA) is 55.5 Å². The maximum absolute atomic E-state index is 10.2. The first-order valence-corrected chi connectivity index (χ1v) is 5.90. The zero-order valence-corrected chi connectivity index (χ0v) is 9.65. The van der Waals surface area contributed by atoms with Crippen molar-refractivity contribution in [3.05, 3.63) is 29.3 Å². The Morgan fingerprint density at radius 2 is 2.31 bits per heavy atom. The van der Waals surface area contributed by atoms with Crippen LogP contribution in [0.15, 0.2) is 18.2 Å². The Kier molecular flexibility index (Phi) is 3.46. The Morgan fingerprint density at radius 3 is 3.00 bits per heavy atom. The van der Waals surface area contributed by atoms with Crippen LogP contribution in [0.4, 0.5) is 0 Å². The van der Waals surface area contributed by atoms with Gasteiger partial charge < -0.3 is 15.6 Å². The van der Waals surface area contributed by atoms with Crippen LogP contribution in [-0.4, -0.2) is 18.3 Å². The van der Waals surface area contributed by atoms with Gasteiger partial charge in [-0.25, -0.2) is 0 Å². The van der Waals surface area contributed by atoms with Crippen molar-refractivity contribution in [3.63, 3.8) is 0 Å². The monoisotopic (exact) mass is 221 g/mol. The molecule has 0 radical (unpaired) electrons. The van der Waals surface area contributed by atoms with E-state index in [1.165, 1.54) is 5.56 Å². The number of ether oxygens (including phenoxy) is 1. The maximum atomic E-state index is 10.2. The summed E-state index contributed by atoms with van der Waals surface area (Å²) in [6, 6.07) is 5.93. The highest BCUT2D eigenvalue weighted by Crippen LogP contribution is 2.31. The molecule has 2 unspecified atom stereocenters. The molecule has 1 aliphatic heterocycles. The van der Waals surface area contributed by atoms with E-state index in [1.807, 2.05) is 18.2 Å². The van der Waals surface area contributed by atoms with Crippen LogP contribution in [-0.2, 0) is 6.42 Å². The van der Waals surface area contributed by atoms with Crippen LogP contribution in [0.3, 0.4) is 0 Å². The van der Waals surface area contributed by atoms with Crippen molar-refractivity contribution in [1.29, 1.82) is 0 Å². The molecule has 1 aromatic rings. The van der Waals surface area contributed by atoms with Gasteiger partial charge in [0.1, 0.15) is 5.75 Å². The number of hydrogen-bond donors (Lipinski definition) is 2. The molecule has 2 rings (SSSR count).